The van der Waals surface area contributed by atoms with Crippen LogP contribution in [0.4, 0.5) is 17.1 Å². The van der Waals surface area contributed by atoms with Crippen molar-refractivity contribution in [2.45, 2.75) is 0 Å². The highest BCUT2D eigenvalue weighted by molar-refractivity contribution is 6.16. The second-order valence-corrected chi connectivity index (χ2v) is 18.3. The Morgan fingerprint density at radius 2 is 0.775 bits per heavy atom. The summed E-state index contributed by atoms with van der Waals surface area (Å²) in [6.45, 7) is 0. The highest BCUT2D eigenvalue weighted by Gasteiger charge is 2.24. The largest absolute Gasteiger partial charge is 0.455 e. The van der Waals surface area contributed by atoms with E-state index in [1.807, 2.05) is 6.07 Å². The van der Waals surface area contributed by atoms with Crippen LogP contribution in [0.2, 0.25) is 0 Å². The van der Waals surface area contributed by atoms with Gasteiger partial charge in [-0.3, -0.25) is 0 Å². The molecule has 71 heavy (non-hydrogen) atoms. The van der Waals surface area contributed by atoms with Crippen LogP contribution in [-0.2, 0) is 0 Å². The van der Waals surface area contributed by atoms with E-state index in [9.17, 15) is 0 Å². The minimum Gasteiger partial charge on any atom is -0.455 e. The van der Waals surface area contributed by atoms with Crippen LogP contribution in [0.1, 0.15) is 0 Å². The van der Waals surface area contributed by atoms with Gasteiger partial charge in [0.2, 0.25) is 0 Å². The molecule has 0 bridgehead atoms. The van der Waals surface area contributed by atoms with Crippen molar-refractivity contribution in [3.8, 4) is 50.2 Å². The minimum atomic E-state index is 0.894. The van der Waals surface area contributed by atoms with Crippen molar-refractivity contribution >= 4 is 82.4 Å². The second kappa shape index (κ2) is 16.7. The Hall–Kier alpha value is -9.44. The first kappa shape index (κ1) is 40.6. The van der Waals surface area contributed by atoms with E-state index in [-0.39, 0.29) is 0 Å². The van der Waals surface area contributed by atoms with E-state index >= 15 is 0 Å². The van der Waals surface area contributed by atoms with E-state index in [2.05, 4.69) is 270 Å². The Bertz CT molecular complexity index is 4310. The number of para-hydroxylation sites is 7. The predicted octanol–water partition coefficient (Wildman–Crippen LogP) is 19.1. The average Bonchev–Trinajstić information content (AvgIpc) is 4.00. The number of anilines is 3. The van der Waals surface area contributed by atoms with Crippen molar-refractivity contribution in [3.63, 3.8) is 0 Å². The van der Waals surface area contributed by atoms with Crippen LogP contribution >= 0.6 is 0 Å². The maximum absolute atomic E-state index is 6.56. The van der Waals surface area contributed by atoms with Crippen molar-refractivity contribution in [2.75, 3.05) is 4.90 Å². The lowest BCUT2D eigenvalue weighted by atomic mass is 9.90. The lowest BCUT2D eigenvalue weighted by Crippen LogP contribution is -2.12. The molecule has 332 valence electrons. The van der Waals surface area contributed by atoms with Gasteiger partial charge < -0.3 is 13.9 Å². The third kappa shape index (κ3) is 6.59. The highest BCUT2D eigenvalue weighted by Crippen LogP contribution is 2.49. The molecule has 2 aromatic heterocycles. The molecule has 12 aromatic carbocycles. The maximum Gasteiger partial charge on any atom is 0.143 e. The van der Waals surface area contributed by atoms with Gasteiger partial charge in [0.15, 0.2) is 0 Å². The molecule has 0 aliphatic heterocycles. The van der Waals surface area contributed by atoms with E-state index in [0.29, 0.717) is 0 Å². The molecule has 0 N–H and O–H groups in total. The van der Waals surface area contributed by atoms with Gasteiger partial charge >= 0.3 is 0 Å². The Kier molecular flexibility index (Phi) is 9.53. The van der Waals surface area contributed by atoms with E-state index in [1.54, 1.807) is 0 Å². The highest BCUT2D eigenvalue weighted by atomic mass is 16.3. The molecule has 0 spiro atoms. The molecule has 0 atom stereocenters. The third-order valence-electron chi connectivity index (χ3n) is 14.4. The topological polar surface area (TPSA) is 21.3 Å². The smallest absolute Gasteiger partial charge is 0.143 e. The van der Waals surface area contributed by atoms with Crippen LogP contribution in [0.3, 0.4) is 0 Å². The van der Waals surface area contributed by atoms with Crippen LogP contribution in [-0.4, -0.2) is 4.57 Å². The number of hydrogen-bond acceptors (Lipinski definition) is 2. The summed E-state index contributed by atoms with van der Waals surface area (Å²) in [5.41, 5.74) is 17.5. The van der Waals surface area contributed by atoms with Crippen LogP contribution in [0.15, 0.2) is 271 Å². The van der Waals surface area contributed by atoms with Gasteiger partial charge in [0.25, 0.3) is 0 Å². The molecule has 0 radical (unpaired) electrons. The molecule has 3 heteroatoms. The van der Waals surface area contributed by atoms with Crippen molar-refractivity contribution < 1.29 is 4.42 Å². The molecule has 2 heterocycles. The lowest BCUT2D eigenvalue weighted by Gasteiger charge is -2.31. The zero-order valence-corrected chi connectivity index (χ0v) is 38.7. The summed E-state index contributed by atoms with van der Waals surface area (Å²) in [7, 11) is 0. The number of nitrogens with zero attached hydrogens (tertiary/aromatic N) is 2. The van der Waals surface area contributed by atoms with Gasteiger partial charge in [0.05, 0.1) is 28.1 Å². The molecule has 0 saturated heterocycles. The molecule has 0 aliphatic rings. The summed E-state index contributed by atoms with van der Waals surface area (Å²) in [6, 6.07) is 96.9. The molecule has 0 unspecified atom stereocenters. The van der Waals surface area contributed by atoms with Crippen molar-refractivity contribution in [1.29, 1.82) is 0 Å². The van der Waals surface area contributed by atoms with E-state index in [0.717, 1.165) is 83.6 Å². The molecule has 0 saturated carbocycles. The molecule has 14 aromatic rings. The quantitative estimate of drug-likeness (QED) is 0.142. The summed E-state index contributed by atoms with van der Waals surface area (Å²) >= 11 is 0. The van der Waals surface area contributed by atoms with E-state index < -0.39 is 0 Å². The summed E-state index contributed by atoms with van der Waals surface area (Å²) < 4.78 is 9.00. The predicted molar refractivity (Wildman–Crippen MR) is 299 cm³/mol. The zero-order chi connectivity index (χ0) is 46.8. The van der Waals surface area contributed by atoms with Crippen molar-refractivity contribution in [1.82, 2.24) is 4.57 Å². The normalized spacial score (nSPS) is 11.7. The Balaban J connectivity index is 0.992. The summed E-state index contributed by atoms with van der Waals surface area (Å²) in [6.07, 6.45) is 0. The van der Waals surface area contributed by atoms with Crippen molar-refractivity contribution in [3.05, 3.63) is 267 Å². The first-order valence-electron chi connectivity index (χ1n) is 24.3. The van der Waals surface area contributed by atoms with Gasteiger partial charge in [-0.25, -0.2) is 0 Å². The fourth-order valence-electron chi connectivity index (χ4n) is 11.3. The number of benzene rings is 12. The summed E-state index contributed by atoms with van der Waals surface area (Å²) in [5, 5.41) is 9.64. The molecule has 3 nitrogen and oxygen atoms in total. The second-order valence-electron chi connectivity index (χ2n) is 18.3. The lowest BCUT2D eigenvalue weighted by molar-refractivity contribution is 0.670. The monoisotopic (exact) mass is 904 g/mol. The number of hydrogen-bond donors (Lipinski definition) is 0. The van der Waals surface area contributed by atoms with Gasteiger partial charge in [0, 0.05) is 49.5 Å². The van der Waals surface area contributed by atoms with Gasteiger partial charge in [-0.05, 0) is 98.4 Å². The Morgan fingerprint density at radius 3 is 1.48 bits per heavy atom. The molecule has 0 amide bonds. The van der Waals surface area contributed by atoms with Gasteiger partial charge in [0.1, 0.15) is 11.2 Å². The molecule has 14 rings (SSSR count). The van der Waals surface area contributed by atoms with Gasteiger partial charge in [-0.15, -0.1) is 0 Å². The van der Waals surface area contributed by atoms with E-state index in [4.69, 9.17) is 4.42 Å². The fraction of sp³-hybridized carbons (Fsp3) is 0. The van der Waals surface area contributed by atoms with E-state index in [1.165, 1.54) is 48.9 Å². The molecule has 0 fully saturated rings. The summed E-state index contributed by atoms with van der Waals surface area (Å²) in [5.74, 6) is 0. The molecular formula is C68H44N2O. The first-order chi connectivity index (χ1) is 35.3. The number of fused-ring (bicyclic) bond motifs is 9. The van der Waals surface area contributed by atoms with Crippen LogP contribution < -0.4 is 4.90 Å². The molecule has 0 aliphatic carbocycles. The maximum atomic E-state index is 6.56. The first-order valence-corrected chi connectivity index (χ1v) is 24.3. The average molecular weight is 905 g/mol. The van der Waals surface area contributed by atoms with Crippen LogP contribution in [0.25, 0.3) is 115 Å². The Labute approximate surface area is 411 Å². The SMILES string of the molecule is c1ccc(-c2ccccc2-n2c3ccccc3c3ccccc32)c(-c2ccccc2N(c2ccc(-c3cccc4c3oc3ccccc34)cc2)c2ccccc2-c2cc3ccccc3c3ccccc23)c1. The van der Waals surface area contributed by atoms with Crippen LogP contribution in [0, 0.1) is 0 Å². The molecular weight excluding hydrogens is 861 g/mol. The van der Waals surface area contributed by atoms with Gasteiger partial charge in [-0.1, -0.05) is 212 Å². The van der Waals surface area contributed by atoms with Crippen molar-refractivity contribution in [2.24, 2.45) is 0 Å². The Morgan fingerprint density at radius 1 is 0.296 bits per heavy atom. The van der Waals surface area contributed by atoms with Crippen LogP contribution in [0.5, 0.6) is 0 Å². The number of rotatable bonds is 8. The number of furan rings is 1. The number of aromatic nitrogens is 1. The third-order valence-corrected chi connectivity index (χ3v) is 14.4. The van der Waals surface area contributed by atoms with Gasteiger partial charge in [-0.2, -0.15) is 0 Å². The fourth-order valence-corrected chi connectivity index (χ4v) is 11.3. The minimum absolute atomic E-state index is 0.894. The standard InChI is InChI=1S/C68H44N2O/c1-2-21-48-46(20-1)44-61(53-25-6-3-22-50(48)53)58-30-11-14-35-63(58)69(47-42-40-45(41-43-47)49-32-19-33-60-59-31-12-18-39-67(59)71-68(49)60)62-34-13-7-26-54(62)51-23-4-5-24-52(51)55-27-8-15-36-64(55)70-65-37-16-9-28-56(65)57-29-10-17-38-66(57)70/h1-44H. The zero-order valence-electron chi connectivity index (χ0n) is 38.7. The summed E-state index contributed by atoms with van der Waals surface area (Å²) in [4.78, 5) is 2.47.